The Morgan fingerprint density at radius 3 is 2.81 bits per heavy atom. The Morgan fingerprint density at radius 2 is 2.10 bits per heavy atom. The summed E-state index contributed by atoms with van der Waals surface area (Å²) >= 11 is 3.41. The van der Waals surface area contributed by atoms with Crippen LogP contribution in [0, 0.1) is 0 Å². The first-order valence-corrected chi connectivity index (χ1v) is 7.76. The van der Waals surface area contributed by atoms with E-state index in [2.05, 4.69) is 28.2 Å². The van der Waals surface area contributed by atoms with Crippen LogP contribution in [-0.4, -0.2) is 15.6 Å². The lowest BCUT2D eigenvalue weighted by Gasteiger charge is -2.09. The van der Waals surface area contributed by atoms with Gasteiger partial charge >= 0.3 is 0 Å². The van der Waals surface area contributed by atoms with E-state index < -0.39 is 0 Å². The minimum absolute atomic E-state index is 0.00802. The number of amides is 1. The van der Waals surface area contributed by atoms with Crippen molar-refractivity contribution in [2.24, 2.45) is 0 Å². The molecular weight excluding hydrogens is 332 g/mol. The molecule has 4 nitrogen and oxygen atoms in total. The Bertz CT molecular complexity index is 622. The van der Waals surface area contributed by atoms with Crippen LogP contribution in [-0.2, 0) is 19.7 Å². The molecule has 1 amide bonds. The van der Waals surface area contributed by atoms with E-state index in [1.165, 1.54) is 0 Å². The van der Waals surface area contributed by atoms with Crippen LogP contribution in [0.3, 0.4) is 0 Å². The molecule has 1 aromatic heterocycles. The van der Waals surface area contributed by atoms with Gasteiger partial charge in [-0.05, 0) is 39.5 Å². The molecule has 0 fully saturated rings. The van der Waals surface area contributed by atoms with Crippen molar-refractivity contribution in [3.05, 3.63) is 57.8 Å². The number of carbonyl (C=O) groups excluding carboxylic acids is 1. The van der Waals surface area contributed by atoms with E-state index >= 15 is 0 Å². The molecule has 2 aromatic rings. The first kappa shape index (κ1) is 15.8. The Balaban J connectivity index is 2.04. The third kappa shape index (κ3) is 4.19. The molecular formula is C16H19BrN2O2. The molecule has 0 bridgehead atoms. The van der Waals surface area contributed by atoms with Gasteiger partial charge in [0, 0.05) is 23.8 Å². The molecule has 0 aliphatic rings. The van der Waals surface area contributed by atoms with Crippen LogP contribution in [0.25, 0.3) is 0 Å². The van der Waals surface area contributed by atoms with Crippen molar-refractivity contribution < 1.29 is 9.90 Å². The Hall–Kier alpha value is -1.59. The molecule has 0 aliphatic carbocycles. The second-order valence-electron chi connectivity index (χ2n) is 4.90. The molecule has 2 rings (SSSR count). The summed E-state index contributed by atoms with van der Waals surface area (Å²) in [5.41, 5.74) is 2.48. The number of benzene rings is 1. The summed E-state index contributed by atoms with van der Waals surface area (Å²) in [6.07, 6.45) is 2.89. The Labute approximate surface area is 132 Å². The van der Waals surface area contributed by atoms with Gasteiger partial charge in [0.1, 0.15) is 5.69 Å². The number of aliphatic hydroxyl groups is 1. The number of nitrogens with one attached hydrogen (secondary N) is 1. The van der Waals surface area contributed by atoms with Crippen molar-refractivity contribution in [3.8, 4) is 0 Å². The highest BCUT2D eigenvalue weighted by Gasteiger charge is 2.12. The number of hydrogen-bond acceptors (Lipinski definition) is 2. The van der Waals surface area contributed by atoms with Gasteiger partial charge in [-0.1, -0.05) is 31.2 Å². The molecule has 0 radical (unpaired) electrons. The van der Waals surface area contributed by atoms with Crippen LogP contribution in [0.5, 0.6) is 0 Å². The summed E-state index contributed by atoms with van der Waals surface area (Å²) in [5.74, 6) is -0.0939. The number of hydrogen-bond donors (Lipinski definition) is 2. The van der Waals surface area contributed by atoms with E-state index in [0.29, 0.717) is 12.2 Å². The van der Waals surface area contributed by atoms with Gasteiger partial charge in [0.05, 0.1) is 6.61 Å². The summed E-state index contributed by atoms with van der Waals surface area (Å²) < 4.78 is 2.85. The summed E-state index contributed by atoms with van der Waals surface area (Å²) in [4.78, 5) is 12.3. The molecule has 0 aliphatic heterocycles. The zero-order valence-electron chi connectivity index (χ0n) is 12.0. The third-order valence-corrected chi connectivity index (χ3v) is 3.62. The maximum absolute atomic E-state index is 12.3. The molecule has 0 saturated carbocycles. The number of aromatic nitrogens is 1. The summed E-state index contributed by atoms with van der Waals surface area (Å²) in [6.45, 7) is 3.35. The standard InChI is InChI=1S/C16H19BrN2O2/c1-2-6-19-10-14(17)8-15(19)16(21)18-9-12-4-3-5-13(7-12)11-20/h3-5,7-8,10,20H,2,6,9,11H2,1H3,(H,18,21). The van der Waals surface area contributed by atoms with Gasteiger partial charge in [-0.25, -0.2) is 0 Å². The minimum atomic E-state index is -0.0939. The van der Waals surface area contributed by atoms with E-state index in [0.717, 1.165) is 28.6 Å². The minimum Gasteiger partial charge on any atom is -0.392 e. The Kier molecular flexibility index (Phi) is 5.59. The summed E-state index contributed by atoms with van der Waals surface area (Å²) in [6, 6.07) is 9.38. The topological polar surface area (TPSA) is 54.3 Å². The summed E-state index contributed by atoms with van der Waals surface area (Å²) in [7, 11) is 0. The van der Waals surface area contributed by atoms with Gasteiger partial charge in [0.25, 0.3) is 5.91 Å². The normalized spacial score (nSPS) is 10.6. The molecule has 0 atom stereocenters. The van der Waals surface area contributed by atoms with Crippen molar-refractivity contribution in [2.75, 3.05) is 0 Å². The average molecular weight is 351 g/mol. The van der Waals surface area contributed by atoms with E-state index in [-0.39, 0.29) is 12.5 Å². The number of aryl methyl sites for hydroxylation is 1. The van der Waals surface area contributed by atoms with E-state index in [1.807, 2.05) is 41.1 Å². The van der Waals surface area contributed by atoms with Crippen molar-refractivity contribution in [2.45, 2.75) is 33.0 Å². The van der Waals surface area contributed by atoms with Crippen LogP contribution in [0.1, 0.15) is 35.0 Å². The number of carbonyl (C=O) groups is 1. The zero-order chi connectivity index (χ0) is 15.2. The molecule has 112 valence electrons. The average Bonchev–Trinajstić information content (AvgIpc) is 2.86. The zero-order valence-corrected chi connectivity index (χ0v) is 13.6. The summed E-state index contributed by atoms with van der Waals surface area (Å²) in [5, 5.41) is 12.0. The number of nitrogens with zero attached hydrogens (tertiary/aromatic N) is 1. The number of aliphatic hydroxyl groups excluding tert-OH is 1. The van der Waals surface area contributed by atoms with Crippen molar-refractivity contribution >= 4 is 21.8 Å². The molecule has 5 heteroatoms. The van der Waals surface area contributed by atoms with Crippen LogP contribution in [0.15, 0.2) is 41.0 Å². The predicted molar refractivity (Wildman–Crippen MR) is 86.0 cm³/mol. The van der Waals surface area contributed by atoms with Crippen LogP contribution in [0.2, 0.25) is 0 Å². The molecule has 21 heavy (non-hydrogen) atoms. The fourth-order valence-electron chi connectivity index (χ4n) is 2.20. The van der Waals surface area contributed by atoms with Gasteiger partial charge in [-0.3, -0.25) is 4.79 Å². The molecule has 1 heterocycles. The van der Waals surface area contributed by atoms with Gasteiger partial charge in [0.2, 0.25) is 0 Å². The van der Waals surface area contributed by atoms with Crippen molar-refractivity contribution in [1.82, 2.24) is 9.88 Å². The lowest BCUT2D eigenvalue weighted by molar-refractivity contribution is 0.0941. The predicted octanol–water partition coefficient (Wildman–Crippen LogP) is 3.08. The highest BCUT2D eigenvalue weighted by Crippen LogP contribution is 2.16. The highest BCUT2D eigenvalue weighted by atomic mass is 79.9. The number of halogens is 1. The monoisotopic (exact) mass is 350 g/mol. The molecule has 0 spiro atoms. The van der Waals surface area contributed by atoms with Gasteiger partial charge in [0.15, 0.2) is 0 Å². The molecule has 2 N–H and O–H groups in total. The second-order valence-corrected chi connectivity index (χ2v) is 5.81. The van der Waals surface area contributed by atoms with Crippen LogP contribution >= 0.6 is 15.9 Å². The van der Waals surface area contributed by atoms with Gasteiger partial charge in [-0.2, -0.15) is 0 Å². The Morgan fingerprint density at radius 1 is 1.33 bits per heavy atom. The van der Waals surface area contributed by atoms with E-state index in [4.69, 9.17) is 5.11 Å². The quantitative estimate of drug-likeness (QED) is 0.840. The van der Waals surface area contributed by atoms with Crippen molar-refractivity contribution in [1.29, 1.82) is 0 Å². The smallest absolute Gasteiger partial charge is 0.268 e. The second kappa shape index (κ2) is 7.43. The first-order valence-electron chi connectivity index (χ1n) is 6.96. The van der Waals surface area contributed by atoms with Crippen molar-refractivity contribution in [3.63, 3.8) is 0 Å². The first-order chi connectivity index (χ1) is 10.1. The van der Waals surface area contributed by atoms with E-state index in [1.54, 1.807) is 0 Å². The fourth-order valence-corrected chi connectivity index (χ4v) is 2.67. The third-order valence-electron chi connectivity index (χ3n) is 3.19. The van der Waals surface area contributed by atoms with Gasteiger partial charge < -0.3 is 15.0 Å². The SMILES string of the molecule is CCCn1cc(Br)cc1C(=O)NCc1cccc(CO)c1. The lowest BCUT2D eigenvalue weighted by atomic mass is 10.1. The van der Waals surface area contributed by atoms with Crippen LogP contribution in [0.4, 0.5) is 0 Å². The largest absolute Gasteiger partial charge is 0.392 e. The lowest BCUT2D eigenvalue weighted by Crippen LogP contribution is -2.25. The fraction of sp³-hybridized carbons (Fsp3) is 0.312. The maximum atomic E-state index is 12.3. The molecule has 0 saturated heterocycles. The molecule has 0 unspecified atom stereocenters. The number of rotatable bonds is 6. The van der Waals surface area contributed by atoms with E-state index in [9.17, 15) is 4.79 Å². The van der Waals surface area contributed by atoms with Crippen LogP contribution < -0.4 is 5.32 Å². The molecule has 1 aromatic carbocycles. The maximum Gasteiger partial charge on any atom is 0.268 e. The van der Waals surface area contributed by atoms with Gasteiger partial charge in [-0.15, -0.1) is 0 Å². The highest BCUT2D eigenvalue weighted by molar-refractivity contribution is 9.10.